The van der Waals surface area contributed by atoms with Crippen molar-refractivity contribution in [3.63, 3.8) is 0 Å². The number of hydrogen-bond donors (Lipinski definition) is 0. The van der Waals surface area contributed by atoms with Crippen molar-refractivity contribution in [2.75, 3.05) is 0 Å². The van der Waals surface area contributed by atoms with Crippen molar-refractivity contribution in [2.24, 2.45) is 35.5 Å². The van der Waals surface area contributed by atoms with E-state index in [-0.39, 0.29) is 14.9 Å². The Labute approximate surface area is 267 Å². The Hall–Kier alpha value is 0.120. The van der Waals surface area contributed by atoms with E-state index in [0.29, 0.717) is 0 Å². The Morgan fingerprint density at radius 1 is 0.600 bits per heavy atom. The molecule has 0 spiro atoms. The second-order valence-electron chi connectivity index (χ2n) is 13.9. The second-order valence-corrected chi connectivity index (χ2v) is 22.6. The van der Waals surface area contributed by atoms with Crippen LogP contribution >= 0.6 is 17.0 Å². The molecule has 10 unspecified atom stereocenters. The molecule has 0 heterocycles. The van der Waals surface area contributed by atoms with Crippen LogP contribution in [0, 0.1) is 50.4 Å². The van der Waals surface area contributed by atoms with E-state index in [2.05, 4.69) is 87.6 Å². The van der Waals surface area contributed by atoms with Crippen LogP contribution < -0.4 is 0 Å². The summed E-state index contributed by atoms with van der Waals surface area (Å²) in [6.45, 7) is 11.1. The number of rotatable bonds is 4. The van der Waals surface area contributed by atoms with Crippen molar-refractivity contribution in [1.29, 1.82) is 0 Å². The third-order valence-corrected chi connectivity index (χ3v) is 17.3. The van der Waals surface area contributed by atoms with Gasteiger partial charge in [-0.3, -0.25) is 0 Å². The van der Waals surface area contributed by atoms with Gasteiger partial charge in [0, 0.05) is 0 Å². The predicted octanol–water partition coefficient (Wildman–Crippen LogP) is 12.2. The van der Waals surface area contributed by atoms with Crippen molar-refractivity contribution >= 4 is 25.1 Å². The average Bonchev–Trinajstić information content (AvgIpc) is 3.46. The van der Waals surface area contributed by atoms with Crippen LogP contribution in [0.2, 0.25) is 24.2 Å². The summed E-state index contributed by atoms with van der Waals surface area (Å²) in [5, 5.41) is 0. The van der Waals surface area contributed by atoms with Crippen LogP contribution in [0.5, 0.6) is 0 Å². The van der Waals surface area contributed by atoms with Crippen LogP contribution in [0.15, 0.2) is 60.7 Å². The molecule has 0 radical (unpaired) electrons. The quantitative estimate of drug-likeness (QED) is 0.223. The van der Waals surface area contributed by atoms with Gasteiger partial charge >= 0.3 is 37.9 Å². The number of halogens is 2. The molecule has 0 saturated heterocycles. The minimum atomic E-state index is -1.44. The maximum absolute atomic E-state index is 4.93. The summed E-state index contributed by atoms with van der Waals surface area (Å²) in [5.74, 6) is 7.35. The standard InChI is InChI=1S/C34H48Si.2CH3.2ClH.Zr/c1-23-21-31-27(25-13-7-5-8-14-25)17-11-19-29(31)33(23)35(3,4)34-24(2)22-32-28(18-12-20-30(32)34)26-15-9-6-10-16-26;;;;;/h5-10,13-16,23-24,27-34H,11-12,17-22H2,1-4H3;2*1H3;2*1H;/q;2*-1;;;+4/p-2. The molecule has 40 heavy (non-hydrogen) atoms. The number of hydrogen-bond acceptors (Lipinski definition) is 0. The molecule has 10 atom stereocenters. The van der Waals surface area contributed by atoms with Crippen molar-refractivity contribution < 1.29 is 20.8 Å². The van der Waals surface area contributed by atoms with Crippen LogP contribution in [0.4, 0.5) is 0 Å². The van der Waals surface area contributed by atoms with Gasteiger partial charge in [0.05, 0.1) is 8.07 Å². The zero-order chi connectivity index (χ0) is 26.9. The van der Waals surface area contributed by atoms with E-state index in [1.54, 1.807) is 11.1 Å². The van der Waals surface area contributed by atoms with Gasteiger partial charge in [-0.2, -0.15) is 0 Å². The summed E-state index contributed by atoms with van der Waals surface area (Å²) in [7, 11) is 8.43. The van der Waals surface area contributed by atoms with E-state index in [1.165, 1.54) is 51.4 Å². The first-order valence-corrected chi connectivity index (χ1v) is 24.9. The molecule has 4 aliphatic carbocycles. The van der Waals surface area contributed by atoms with Crippen molar-refractivity contribution in [3.05, 3.63) is 86.6 Å². The molecule has 0 aliphatic heterocycles. The van der Waals surface area contributed by atoms with Crippen molar-refractivity contribution in [2.45, 2.75) is 101 Å². The summed E-state index contributed by atoms with van der Waals surface area (Å²) in [5.41, 5.74) is 5.34. The maximum atomic E-state index is 4.93. The Bertz CT molecular complexity index is 934. The molecule has 0 nitrogen and oxygen atoms in total. The molecule has 4 saturated carbocycles. The number of benzene rings is 2. The van der Waals surface area contributed by atoms with E-state index in [0.717, 1.165) is 58.4 Å². The van der Waals surface area contributed by atoms with Crippen LogP contribution in [0.25, 0.3) is 0 Å². The van der Waals surface area contributed by atoms with Gasteiger partial charge < -0.3 is 14.9 Å². The molecule has 4 fully saturated rings. The van der Waals surface area contributed by atoms with Gasteiger partial charge in [0.1, 0.15) is 0 Å². The predicted molar refractivity (Wildman–Crippen MR) is 177 cm³/mol. The Balaban J connectivity index is 0.000000846. The topological polar surface area (TPSA) is 0 Å². The fourth-order valence-corrected chi connectivity index (χ4v) is 17.9. The minimum absolute atomic E-state index is 0. The van der Waals surface area contributed by atoms with E-state index in [9.17, 15) is 0 Å². The second kappa shape index (κ2) is 15.2. The van der Waals surface area contributed by atoms with Crippen LogP contribution in [-0.4, -0.2) is 8.07 Å². The van der Waals surface area contributed by atoms with Gasteiger partial charge in [0.15, 0.2) is 0 Å². The summed E-state index contributed by atoms with van der Waals surface area (Å²) in [6, 6.07) is 23.2. The van der Waals surface area contributed by atoms with Gasteiger partial charge in [0.2, 0.25) is 0 Å². The van der Waals surface area contributed by atoms with Gasteiger partial charge in [-0.25, -0.2) is 0 Å². The van der Waals surface area contributed by atoms with Crippen molar-refractivity contribution in [1.82, 2.24) is 0 Å². The zero-order valence-electron chi connectivity index (χ0n) is 26.0. The summed E-state index contributed by atoms with van der Waals surface area (Å²) >= 11 is -0.826. The van der Waals surface area contributed by atoms with Crippen molar-refractivity contribution in [3.8, 4) is 0 Å². The molecule has 220 valence electrons. The summed E-state index contributed by atoms with van der Waals surface area (Å²) in [4.78, 5) is 0. The van der Waals surface area contributed by atoms with E-state index in [4.69, 9.17) is 17.0 Å². The monoisotopic (exact) mass is 674 g/mol. The molecule has 0 aromatic heterocycles. The molecule has 0 amide bonds. The van der Waals surface area contributed by atoms with Gasteiger partial charge in [-0.1, -0.05) is 113 Å². The van der Waals surface area contributed by atoms with E-state index in [1.807, 2.05) is 0 Å². The first-order chi connectivity index (χ1) is 18.4. The molecule has 2 aromatic rings. The molecular formula is C36H54Cl2SiZr. The molecular weight excluding hydrogens is 623 g/mol. The molecule has 0 N–H and O–H groups in total. The first-order valence-electron chi connectivity index (χ1n) is 15.4. The molecule has 4 heteroatoms. The van der Waals surface area contributed by atoms with Crippen LogP contribution in [-0.2, 0) is 20.8 Å². The van der Waals surface area contributed by atoms with Crippen LogP contribution in [0.3, 0.4) is 0 Å². The Morgan fingerprint density at radius 3 is 1.30 bits per heavy atom. The summed E-state index contributed by atoms with van der Waals surface area (Å²) < 4.78 is 0. The molecule has 4 aliphatic rings. The third-order valence-electron chi connectivity index (χ3n) is 11.8. The Kier molecular flexibility index (Phi) is 13.2. The number of fused-ring (bicyclic) bond motifs is 2. The van der Waals surface area contributed by atoms with Crippen LogP contribution in [0.1, 0.15) is 88.2 Å². The molecule has 0 bridgehead atoms. The zero-order valence-corrected chi connectivity index (χ0v) is 30.9. The fourth-order valence-electron chi connectivity index (χ4n) is 11.2. The SMILES string of the molecule is CC1CC2C(c3ccccc3)CCCC2C1[Si](C)(C)C1C(C)CC2C(c3ccccc3)CCCC21.[CH3-].[CH3-].[Cl][Zr+2][Cl]. The van der Waals surface area contributed by atoms with E-state index < -0.39 is 28.9 Å². The van der Waals surface area contributed by atoms with Gasteiger partial charge in [0.25, 0.3) is 0 Å². The van der Waals surface area contributed by atoms with E-state index >= 15 is 0 Å². The molecule has 2 aromatic carbocycles. The third kappa shape index (κ3) is 6.76. The summed E-state index contributed by atoms with van der Waals surface area (Å²) in [6.07, 6.45) is 11.8. The molecule has 6 rings (SSSR count). The van der Waals surface area contributed by atoms with Gasteiger partial charge in [-0.05, 0) is 95.2 Å². The average molecular weight is 677 g/mol. The first kappa shape index (κ1) is 34.6. The Morgan fingerprint density at radius 2 is 0.950 bits per heavy atom. The van der Waals surface area contributed by atoms with Gasteiger partial charge in [-0.15, -0.1) is 0 Å². The fraction of sp³-hybridized carbons (Fsp3) is 0.611. The normalized spacial score (nSPS) is 36.5.